The van der Waals surface area contributed by atoms with E-state index in [1.165, 1.54) is 17.0 Å². The van der Waals surface area contributed by atoms with Crippen LogP contribution < -0.4 is 5.73 Å². The number of ether oxygens (including phenoxy) is 1. The first-order valence-electron chi connectivity index (χ1n) is 7.50. The van der Waals surface area contributed by atoms with E-state index in [0.29, 0.717) is 13.1 Å². The molecule has 2 N–H and O–H groups in total. The Kier molecular flexibility index (Phi) is 4.66. The molecular weight excluding hydrogens is 346 g/mol. The van der Waals surface area contributed by atoms with Gasteiger partial charge in [0.25, 0.3) is 11.6 Å². The predicted molar refractivity (Wildman–Crippen MR) is 91.2 cm³/mol. The second kappa shape index (κ2) is 6.89. The number of nitrogens with two attached hydrogens (primary N) is 1. The lowest BCUT2D eigenvalue weighted by molar-refractivity contribution is -0.384. The number of hydrogen-bond acceptors (Lipinski definition) is 7. The van der Waals surface area contributed by atoms with E-state index < -0.39 is 17.5 Å². The molecule has 0 aliphatic carbocycles. The van der Waals surface area contributed by atoms with Crippen molar-refractivity contribution in [3.05, 3.63) is 55.8 Å². The number of nitrogens with zero attached hydrogens (tertiary/aromatic N) is 2. The highest BCUT2D eigenvalue weighted by Crippen LogP contribution is 2.24. The fourth-order valence-corrected chi connectivity index (χ4v) is 3.48. The van der Waals surface area contributed by atoms with Crippen LogP contribution in [0.4, 0.5) is 11.4 Å². The first kappa shape index (κ1) is 16.9. The van der Waals surface area contributed by atoms with Crippen LogP contribution >= 0.6 is 11.3 Å². The molecule has 1 aromatic heterocycles. The number of nitro benzene ring substituents is 1. The summed E-state index contributed by atoms with van der Waals surface area (Å²) in [7, 11) is 0. The average molecular weight is 361 g/mol. The Bertz CT molecular complexity index is 848. The van der Waals surface area contributed by atoms with E-state index in [4.69, 9.17) is 10.5 Å². The topological polar surface area (TPSA) is 116 Å². The molecular formula is C16H15N3O5S. The third-order valence-electron chi connectivity index (χ3n) is 3.95. The summed E-state index contributed by atoms with van der Waals surface area (Å²) in [6.45, 7) is 0.636. The molecule has 1 amide bonds. The van der Waals surface area contributed by atoms with Crippen LogP contribution in [0.3, 0.4) is 0 Å². The number of fused-ring (bicyclic) bond motifs is 1. The molecule has 1 aliphatic rings. The molecule has 9 heteroatoms. The molecule has 2 aromatic rings. The summed E-state index contributed by atoms with van der Waals surface area (Å²) in [4.78, 5) is 37.4. The maximum Gasteiger partial charge on any atom is 0.341 e. The minimum absolute atomic E-state index is 0.0592. The molecule has 25 heavy (non-hydrogen) atoms. The molecule has 130 valence electrons. The molecule has 0 spiro atoms. The lowest BCUT2D eigenvalue weighted by Crippen LogP contribution is -2.38. The summed E-state index contributed by atoms with van der Waals surface area (Å²) in [5, 5.41) is 12.8. The van der Waals surface area contributed by atoms with Crippen LogP contribution in [-0.2, 0) is 22.5 Å². The number of rotatable bonds is 4. The minimum atomic E-state index is -0.859. The van der Waals surface area contributed by atoms with Gasteiger partial charge in [-0.15, -0.1) is 11.3 Å². The van der Waals surface area contributed by atoms with Crippen LogP contribution in [0.2, 0.25) is 0 Å². The number of anilines is 1. The van der Waals surface area contributed by atoms with Crippen molar-refractivity contribution in [1.82, 2.24) is 4.90 Å². The Morgan fingerprint density at radius 2 is 2.16 bits per heavy atom. The van der Waals surface area contributed by atoms with Gasteiger partial charge < -0.3 is 15.4 Å². The van der Waals surface area contributed by atoms with Crippen molar-refractivity contribution in [2.75, 3.05) is 18.9 Å². The first-order chi connectivity index (χ1) is 12.0. The molecule has 0 radical (unpaired) electrons. The lowest BCUT2D eigenvalue weighted by atomic mass is 10.1. The second-order valence-corrected chi connectivity index (χ2v) is 6.54. The van der Waals surface area contributed by atoms with Gasteiger partial charge >= 0.3 is 5.97 Å². The van der Waals surface area contributed by atoms with Crippen molar-refractivity contribution in [3.63, 3.8) is 0 Å². The lowest BCUT2D eigenvalue weighted by Gasteiger charge is -2.26. The Hall–Kier alpha value is -2.94. The van der Waals surface area contributed by atoms with Gasteiger partial charge in [0, 0.05) is 35.8 Å². The number of esters is 1. The highest BCUT2D eigenvalue weighted by Gasteiger charge is 2.23. The van der Waals surface area contributed by atoms with E-state index in [9.17, 15) is 19.7 Å². The zero-order valence-electron chi connectivity index (χ0n) is 13.1. The van der Waals surface area contributed by atoms with Gasteiger partial charge in [-0.05, 0) is 29.5 Å². The number of amides is 1. The Morgan fingerprint density at radius 3 is 2.92 bits per heavy atom. The zero-order valence-corrected chi connectivity index (χ0v) is 14.0. The van der Waals surface area contributed by atoms with Gasteiger partial charge in [0.2, 0.25) is 0 Å². The highest BCUT2D eigenvalue weighted by molar-refractivity contribution is 7.10. The van der Waals surface area contributed by atoms with Crippen molar-refractivity contribution in [2.24, 2.45) is 0 Å². The largest absolute Gasteiger partial charge is 0.452 e. The fourth-order valence-electron chi connectivity index (χ4n) is 2.59. The quantitative estimate of drug-likeness (QED) is 0.385. The van der Waals surface area contributed by atoms with Crippen LogP contribution in [0.15, 0.2) is 29.6 Å². The van der Waals surface area contributed by atoms with Gasteiger partial charge in [-0.1, -0.05) is 0 Å². The van der Waals surface area contributed by atoms with Gasteiger partial charge in [0.15, 0.2) is 6.61 Å². The molecule has 0 unspecified atom stereocenters. The molecule has 0 bridgehead atoms. The van der Waals surface area contributed by atoms with Crippen molar-refractivity contribution in [3.8, 4) is 0 Å². The molecule has 0 fully saturated rings. The summed E-state index contributed by atoms with van der Waals surface area (Å²) in [5.74, 6) is -1.17. The van der Waals surface area contributed by atoms with Gasteiger partial charge in [-0.25, -0.2) is 4.79 Å². The molecule has 0 saturated heterocycles. The number of nitrogen functional groups attached to an aromatic ring is 1. The van der Waals surface area contributed by atoms with Crippen LogP contribution in [0.1, 0.15) is 20.8 Å². The molecule has 8 nitrogen and oxygen atoms in total. The molecule has 2 heterocycles. The van der Waals surface area contributed by atoms with Crippen LogP contribution in [0.25, 0.3) is 0 Å². The summed E-state index contributed by atoms with van der Waals surface area (Å²) < 4.78 is 5.00. The zero-order chi connectivity index (χ0) is 18.0. The number of hydrogen-bond donors (Lipinski definition) is 1. The van der Waals surface area contributed by atoms with Crippen LogP contribution in [0.5, 0.6) is 0 Å². The third kappa shape index (κ3) is 3.61. The maximum absolute atomic E-state index is 12.2. The summed E-state index contributed by atoms with van der Waals surface area (Å²) in [6, 6.07) is 5.48. The van der Waals surface area contributed by atoms with Crippen molar-refractivity contribution in [2.45, 2.75) is 13.0 Å². The number of benzene rings is 1. The SMILES string of the molecule is Nc1ccc([N+](=O)[O-])cc1C(=O)OCC(=O)N1CCc2sccc2C1. The number of carbonyl (C=O) groups is 2. The van der Waals surface area contributed by atoms with E-state index in [2.05, 4.69) is 0 Å². The normalized spacial score (nSPS) is 13.2. The van der Waals surface area contributed by atoms with Gasteiger partial charge in [-0.3, -0.25) is 14.9 Å². The molecule has 1 aromatic carbocycles. The van der Waals surface area contributed by atoms with Crippen molar-refractivity contribution >= 4 is 34.6 Å². The monoisotopic (exact) mass is 361 g/mol. The Morgan fingerprint density at radius 1 is 1.36 bits per heavy atom. The van der Waals surface area contributed by atoms with Crippen molar-refractivity contribution in [1.29, 1.82) is 0 Å². The molecule has 1 aliphatic heterocycles. The van der Waals surface area contributed by atoms with E-state index >= 15 is 0 Å². The van der Waals surface area contributed by atoms with Crippen molar-refractivity contribution < 1.29 is 19.2 Å². The van der Waals surface area contributed by atoms with E-state index in [-0.39, 0.29) is 22.8 Å². The van der Waals surface area contributed by atoms with E-state index in [1.54, 1.807) is 16.2 Å². The fraction of sp³-hybridized carbons (Fsp3) is 0.250. The Balaban J connectivity index is 1.62. The first-order valence-corrected chi connectivity index (χ1v) is 8.37. The predicted octanol–water partition coefficient (Wildman–Crippen LogP) is 1.98. The third-order valence-corrected chi connectivity index (χ3v) is 4.98. The van der Waals surface area contributed by atoms with Crippen LogP contribution in [0, 0.1) is 10.1 Å². The number of nitro groups is 1. The van der Waals surface area contributed by atoms with Gasteiger partial charge in [0.05, 0.1) is 10.5 Å². The van der Waals surface area contributed by atoms with Gasteiger partial charge in [0.1, 0.15) is 0 Å². The van der Waals surface area contributed by atoms with Crippen LogP contribution in [-0.4, -0.2) is 34.9 Å². The molecule has 0 atom stereocenters. The Labute approximate surface area is 147 Å². The highest BCUT2D eigenvalue weighted by atomic mass is 32.1. The summed E-state index contributed by atoms with van der Waals surface area (Å²) >= 11 is 1.67. The summed E-state index contributed by atoms with van der Waals surface area (Å²) in [5.41, 5.74) is 6.44. The number of carbonyl (C=O) groups excluding carboxylic acids is 2. The average Bonchev–Trinajstić information content (AvgIpc) is 3.07. The molecule has 0 saturated carbocycles. The minimum Gasteiger partial charge on any atom is -0.452 e. The smallest absolute Gasteiger partial charge is 0.341 e. The van der Waals surface area contributed by atoms with E-state index in [1.807, 2.05) is 11.4 Å². The summed E-state index contributed by atoms with van der Waals surface area (Å²) in [6.07, 6.45) is 0.782. The second-order valence-electron chi connectivity index (χ2n) is 5.54. The molecule has 3 rings (SSSR count). The van der Waals surface area contributed by atoms with Gasteiger partial charge in [-0.2, -0.15) is 0 Å². The number of non-ortho nitro benzene ring substituents is 1. The van der Waals surface area contributed by atoms with E-state index in [0.717, 1.165) is 18.1 Å². The standard InChI is InChI=1S/C16H15N3O5S/c17-13-2-1-11(19(22)23)7-12(13)16(21)24-9-15(20)18-5-3-14-10(8-18)4-6-25-14/h1-2,4,6-7H,3,5,8-9,17H2. The maximum atomic E-state index is 12.2. The number of thiophene rings is 1.